The van der Waals surface area contributed by atoms with E-state index in [-0.39, 0.29) is 5.56 Å². The Hall–Kier alpha value is -2.36. The molecule has 0 aliphatic heterocycles. The quantitative estimate of drug-likeness (QED) is 0.842. The van der Waals surface area contributed by atoms with Crippen LogP contribution in [0.4, 0.5) is 15.8 Å². The van der Waals surface area contributed by atoms with Crippen molar-refractivity contribution in [3.05, 3.63) is 59.4 Å². The minimum absolute atomic E-state index is 0.0601. The lowest BCUT2D eigenvalue weighted by molar-refractivity contribution is 0.0989. The molecule has 0 bridgehead atoms. The molecule has 0 fully saturated rings. The second-order valence-electron chi connectivity index (χ2n) is 4.44. The summed E-state index contributed by atoms with van der Waals surface area (Å²) >= 11 is 0. The highest BCUT2D eigenvalue weighted by atomic mass is 19.1. The fourth-order valence-electron chi connectivity index (χ4n) is 1.83. The SMILES string of the molecule is Cc1ccc(F)c(C(=O)N(C)c2cccc(N)c2)c1. The summed E-state index contributed by atoms with van der Waals surface area (Å²) in [6, 6.07) is 11.4. The molecule has 2 rings (SSSR count). The van der Waals surface area contributed by atoms with Gasteiger partial charge in [-0.05, 0) is 37.3 Å². The number of amides is 1. The average molecular weight is 258 g/mol. The zero-order valence-corrected chi connectivity index (χ0v) is 10.9. The van der Waals surface area contributed by atoms with Gasteiger partial charge in [0.05, 0.1) is 5.56 Å². The van der Waals surface area contributed by atoms with Gasteiger partial charge in [-0.2, -0.15) is 0 Å². The number of rotatable bonds is 2. The minimum Gasteiger partial charge on any atom is -0.399 e. The van der Waals surface area contributed by atoms with Crippen LogP contribution in [0.15, 0.2) is 42.5 Å². The number of nitrogens with zero attached hydrogens (tertiary/aromatic N) is 1. The summed E-state index contributed by atoms with van der Waals surface area (Å²) in [6.07, 6.45) is 0. The molecule has 0 aliphatic rings. The molecule has 4 heteroatoms. The zero-order chi connectivity index (χ0) is 14.0. The van der Waals surface area contributed by atoms with Crippen molar-refractivity contribution in [2.45, 2.75) is 6.92 Å². The van der Waals surface area contributed by atoms with Crippen LogP contribution in [0, 0.1) is 12.7 Å². The third-order valence-corrected chi connectivity index (χ3v) is 2.91. The molecule has 0 saturated carbocycles. The van der Waals surface area contributed by atoms with E-state index in [2.05, 4.69) is 0 Å². The van der Waals surface area contributed by atoms with Crippen LogP contribution in [-0.2, 0) is 0 Å². The van der Waals surface area contributed by atoms with Crippen LogP contribution in [0.2, 0.25) is 0 Å². The van der Waals surface area contributed by atoms with Gasteiger partial charge in [-0.1, -0.05) is 17.7 Å². The maximum Gasteiger partial charge on any atom is 0.260 e. The Labute approximate surface area is 111 Å². The van der Waals surface area contributed by atoms with Crippen molar-refractivity contribution in [3.63, 3.8) is 0 Å². The van der Waals surface area contributed by atoms with Gasteiger partial charge in [0, 0.05) is 18.4 Å². The third-order valence-electron chi connectivity index (χ3n) is 2.91. The smallest absolute Gasteiger partial charge is 0.260 e. The molecule has 0 aromatic heterocycles. The molecule has 98 valence electrons. The zero-order valence-electron chi connectivity index (χ0n) is 10.9. The molecule has 1 amide bonds. The van der Waals surface area contributed by atoms with Crippen molar-refractivity contribution in [1.29, 1.82) is 0 Å². The Balaban J connectivity index is 2.36. The summed E-state index contributed by atoms with van der Waals surface area (Å²) in [4.78, 5) is 13.7. The second kappa shape index (κ2) is 5.10. The molecule has 0 heterocycles. The summed E-state index contributed by atoms with van der Waals surface area (Å²) in [5.41, 5.74) is 7.76. The van der Waals surface area contributed by atoms with E-state index in [1.807, 2.05) is 6.92 Å². The van der Waals surface area contributed by atoms with E-state index in [1.54, 1.807) is 43.4 Å². The van der Waals surface area contributed by atoms with Gasteiger partial charge in [-0.25, -0.2) is 4.39 Å². The first-order valence-electron chi connectivity index (χ1n) is 5.89. The highest BCUT2D eigenvalue weighted by Crippen LogP contribution is 2.20. The number of nitrogens with two attached hydrogens (primary N) is 1. The van der Waals surface area contributed by atoms with Crippen molar-refractivity contribution in [1.82, 2.24) is 0 Å². The summed E-state index contributed by atoms with van der Waals surface area (Å²) in [5, 5.41) is 0. The number of aryl methyl sites for hydroxylation is 1. The number of nitrogen functional groups attached to an aromatic ring is 1. The van der Waals surface area contributed by atoms with Crippen LogP contribution >= 0.6 is 0 Å². The fourth-order valence-corrected chi connectivity index (χ4v) is 1.83. The van der Waals surface area contributed by atoms with Gasteiger partial charge in [0.15, 0.2) is 0 Å². The summed E-state index contributed by atoms with van der Waals surface area (Å²) in [7, 11) is 1.60. The molecule has 3 nitrogen and oxygen atoms in total. The number of hydrogen-bond donors (Lipinski definition) is 1. The van der Waals surface area contributed by atoms with Gasteiger partial charge in [0.25, 0.3) is 5.91 Å². The monoisotopic (exact) mass is 258 g/mol. The maximum atomic E-state index is 13.7. The normalized spacial score (nSPS) is 10.3. The largest absolute Gasteiger partial charge is 0.399 e. The predicted molar refractivity (Wildman–Crippen MR) is 74.7 cm³/mol. The highest BCUT2D eigenvalue weighted by Gasteiger charge is 2.17. The summed E-state index contributed by atoms with van der Waals surface area (Å²) < 4.78 is 13.7. The third kappa shape index (κ3) is 2.73. The van der Waals surface area contributed by atoms with E-state index in [1.165, 1.54) is 11.0 Å². The van der Waals surface area contributed by atoms with Crippen LogP contribution in [0.5, 0.6) is 0 Å². The van der Waals surface area contributed by atoms with Crippen LogP contribution in [0.25, 0.3) is 0 Å². The highest BCUT2D eigenvalue weighted by molar-refractivity contribution is 6.06. The number of halogens is 1. The lowest BCUT2D eigenvalue weighted by Gasteiger charge is -2.18. The first kappa shape index (κ1) is 13.1. The number of benzene rings is 2. The van der Waals surface area contributed by atoms with E-state index in [0.717, 1.165) is 5.56 Å². The molecule has 0 radical (unpaired) electrons. The van der Waals surface area contributed by atoms with Gasteiger partial charge >= 0.3 is 0 Å². The molecular weight excluding hydrogens is 243 g/mol. The number of carbonyl (C=O) groups is 1. The molecule has 2 aromatic carbocycles. The molecular formula is C15H15FN2O. The average Bonchev–Trinajstić information content (AvgIpc) is 2.40. The van der Waals surface area contributed by atoms with Crippen LogP contribution in [0.3, 0.4) is 0 Å². The minimum atomic E-state index is -0.522. The molecule has 0 unspecified atom stereocenters. The Morgan fingerprint density at radius 1 is 1.21 bits per heavy atom. The van der Waals surface area contributed by atoms with Crippen LogP contribution in [0.1, 0.15) is 15.9 Å². The number of carbonyl (C=O) groups excluding carboxylic acids is 1. The molecule has 0 spiro atoms. The number of hydrogen-bond acceptors (Lipinski definition) is 2. The summed E-state index contributed by atoms with van der Waals surface area (Å²) in [5.74, 6) is -0.918. The topological polar surface area (TPSA) is 46.3 Å². The Kier molecular flexibility index (Phi) is 3.51. The van der Waals surface area contributed by atoms with E-state index in [9.17, 15) is 9.18 Å². The van der Waals surface area contributed by atoms with Crippen LogP contribution < -0.4 is 10.6 Å². The maximum absolute atomic E-state index is 13.7. The van der Waals surface area contributed by atoms with Gasteiger partial charge < -0.3 is 10.6 Å². The van der Waals surface area contributed by atoms with Gasteiger partial charge in [-0.3, -0.25) is 4.79 Å². The molecule has 2 N–H and O–H groups in total. The summed E-state index contributed by atoms with van der Waals surface area (Å²) in [6.45, 7) is 1.82. The molecule has 2 aromatic rings. The van der Waals surface area contributed by atoms with Crippen molar-refractivity contribution in [2.75, 3.05) is 17.7 Å². The van der Waals surface area contributed by atoms with E-state index in [4.69, 9.17) is 5.73 Å². The molecule has 19 heavy (non-hydrogen) atoms. The lowest BCUT2D eigenvalue weighted by Crippen LogP contribution is -2.27. The van der Waals surface area contributed by atoms with Gasteiger partial charge in [-0.15, -0.1) is 0 Å². The first-order chi connectivity index (χ1) is 8.99. The molecule has 0 saturated heterocycles. The van der Waals surface area contributed by atoms with E-state index in [0.29, 0.717) is 11.4 Å². The van der Waals surface area contributed by atoms with E-state index >= 15 is 0 Å². The standard InChI is InChI=1S/C15H15FN2O/c1-10-6-7-14(16)13(8-10)15(19)18(2)12-5-3-4-11(17)9-12/h3-9H,17H2,1-2H3. The van der Waals surface area contributed by atoms with E-state index < -0.39 is 11.7 Å². The Bertz CT molecular complexity index is 625. The van der Waals surface area contributed by atoms with Gasteiger partial charge in [0.2, 0.25) is 0 Å². The van der Waals surface area contributed by atoms with Crippen molar-refractivity contribution in [3.8, 4) is 0 Å². The van der Waals surface area contributed by atoms with Crippen molar-refractivity contribution < 1.29 is 9.18 Å². The lowest BCUT2D eigenvalue weighted by atomic mass is 10.1. The number of anilines is 2. The van der Waals surface area contributed by atoms with Gasteiger partial charge in [0.1, 0.15) is 5.82 Å². The molecule has 0 aliphatic carbocycles. The van der Waals surface area contributed by atoms with Crippen molar-refractivity contribution >= 4 is 17.3 Å². The Morgan fingerprint density at radius 3 is 2.63 bits per heavy atom. The molecule has 0 atom stereocenters. The predicted octanol–water partition coefficient (Wildman–Crippen LogP) is 2.99. The van der Waals surface area contributed by atoms with Crippen molar-refractivity contribution in [2.24, 2.45) is 0 Å². The first-order valence-corrected chi connectivity index (χ1v) is 5.89. The Morgan fingerprint density at radius 2 is 1.95 bits per heavy atom. The fraction of sp³-hybridized carbons (Fsp3) is 0.133. The second-order valence-corrected chi connectivity index (χ2v) is 4.44. The van der Waals surface area contributed by atoms with Crippen LogP contribution in [-0.4, -0.2) is 13.0 Å².